The molecule has 0 aliphatic heterocycles. The summed E-state index contributed by atoms with van der Waals surface area (Å²) >= 11 is 1.63. The van der Waals surface area contributed by atoms with Crippen LogP contribution in [0.3, 0.4) is 0 Å². The highest BCUT2D eigenvalue weighted by atomic mass is 32.1. The van der Waals surface area contributed by atoms with Crippen molar-refractivity contribution >= 4 is 32.8 Å². The predicted molar refractivity (Wildman–Crippen MR) is 114 cm³/mol. The lowest BCUT2D eigenvalue weighted by Gasteiger charge is -2.02. The molecule has 0 atom stereocenters. The molecule has 2 aromatic carbocycles. The third-order valence-corrected chi connectivity index (χ3v) is 5.20. The monoisotopic (exact) mass is 376 g/mol. The van der Waals surface area contributed by atoms with Crippen LogP contribution < -0.4 is 0 Å². The number of para-hydroxylation sites is 1. The van der Waals surface area contributed by atoms with E-state index in [-0.39, 0.29) is 10.6 Å². The van der Waals surface area contributed by atoms with Gasteiger partial charge < -0.3 is 0 Å². The third-order valence-electron chi connectivity index (χ3n) is 4.13. The molecule has 0 bridgehead atoms. The van der Waals surface area contributed by atoms with Crippen molar-refractivity contribution in [1.82, 2.24) is 4.98 Å². The maximum Gasteiger partial charge on any atom is 0.277 e. The highest BCUT2D eigenvalue weighted by Crippen LogP contribution is 2.35. The van der Waals surface area contributed by atoms with Gasteiger partial charge in [-0.25, -0.2) is 4.98 Å². The summed E-state index contributed by atoms with van der Waals surface area (Å²) in [4.78, 5) is 15.8. The smallest absolute Gasteiger partial charge is 0.258 e. The molecule has 5 heteroatoms. The van der Waals surface area contributed by atoms with Crippen LogP contribution >= 0.6 is 11.3 Å². The van der Waals surface area contributed by atoms with Gasteiger partial charge in [0.05, 0.1) is 20.7 Å². The largest absolute Gasteiger partial charge is 0.277 e. The minimum atomic E-state index is -0.348. The van der Waals surface area contributed by atoms with E-state index in [1.54, 1.807) is 23.5 Å². The summed E-state index contributed by atoms with van der Waals surface area (Å²) in [7, 11) is 0. The molecule has 0 aliphatic carbocycles. The molecular formula is C22H20N2O2S. The number of allylic oxidation sites excluding steroid dienone is 6. The summed E-state index contributed by atoms with van der Waals surface area (Å²) < 4.78 is 1.06. The maximum absolute atomic E-state index is 11.3. The van der Waals surface area contributed by atoms with Crippen LogP contribution in [0.15, 0.2) is 72.3 Å². The van der Waals surface area contributed by atoms with E-state index in [9.17, 15) is 10.1 Å². The lowest BCUT2D eigenvalue weighted by Crippen LogP contribution is -1.91. The Morgan fingerprint density at radius 2 is 1.93 bits per heavy atom. The van der Waals surface area contributed by atoms with Crippen LogP contribution in [0, 0.1) is 10.1 Å². The molecule has 0 fully saturated rings. The summed E-state index contributed by atoms with van der Waals surface area (Å²) in [6.07, 6.45) is 8.04. The molecule has 0 saturated carbocycles. The summed E-state index contributed by atoms with van der Waals surface area (Å²) in [6.45, 7) is 6.12. The molecule has 27 heavy (non-hydrogen) atoms. The van der Waals surface area contributed by atoms with Crippen molar-refractivity contribution in [3.8, 4) is 11.1 Å². The Morgan fingerprint density at radius 3 is 2.63 bits per heavy atom. The van der Waals surface area contributed by atoms with Gasteiger partial charge in [-0.3, -0.25) is 10.1 Å². The second-order valence-corrected chi connectivity index (χ2v) is 7.31. The van der Waals surface area contributed by atoms with Crippen molar-refractivity contribution in [2.75, 3.05) is 0 Å². The average Bonchev–Trinajstić information content (AvgIpc) is 3.07. The van der Waals surface area contributed by atoms with E-state index >= 15 is 0 Å². The van der Waals surface area contributed by atoms with Crippen molar-refractivity contribution in [2.45, 2.75) is 20.8 Å². The first kappa shape index (κ1) is 18.7. The second kappa shape index (κ2) is 8.10. The molecule has 0 N–H and O–H groups in total. The molecular weight excluding hydrogens is 356 g/mol. The summed E-state index contributed by atoms with van der Waals surface area (Å²) in [5.74, 6) is 0. The second-order valence-electron chi connectivity index (χ2n) is 6.27. The summed E-state index contributed by atoms with van der Waals surface area (Å²) in [5.41, 5.74) is 4.65. The van der Waals surface area contributed by atoms with Crippen molar-refractivity contribution < 1.29 is 4.92 Å². The van der Waals surface area contributed by atoms with E-state index in [2.05, 4.69) is 19.9 Å². The fourth-order valence-corrected chi connectivity index (χ4v) is 3.88. The fraction of sp³-hybridized carbons (Fsp3) is 0.136. The van der Waals surface area contributed by atoms with E-state index in [4.69, 9.17) is 4.98 Å². The van der Waals surface area contributed by atoms with Gasteiger partial charge in [0.1, 0.15) is 5.01 Å². The van der Waals surface area contributed by atoms with Gasteiger partial charge in [0.15, 0.2) is 0 Å². The molecule has 0 saturated heterocycles. The number of hydrogen-bond donors (Lipinski definition) is 0. The Balaban J connectivity index is 2.08. The number of hydrogen-bond acceptors (Lipinski definition) is 4. The topological polar surface area (TPSA) is 56.0 Å². The lowest BCUT2D eigenvalue weighted by molar-refractivity contribution is -0.384. The van der Waals surface area contributed by atoms with E-state index < -0.39 is 0 Å². The quantitative estimate of drug-likeness (QED) is 0.279. The highest BCUT2D eigenvalue weighted by Gasteiger charge is 2.15. The maximum atomic E-state index is 11.3. The molecule has 1 aromatic heterocycles. The average molecular weight is 376 g/mol. The van der Waals surface area contributed by atoms with Gasteiger partial charge >= 0.3 is 0 Å². The number of nitro groups is 1. The van der Waals surface area contributed by atoms with Gasteiger partial charge in [-0.05, 0) is 44.5 Å². The van der Waals surface area contributed by atoms with Gasteiger partial charge in [-0.15, -0.1) is 11.3 Å². The molecule has 4 nitrogen and oxygen atoms in total. The summed E-state index contributed by atoms with van der Waals surface area (Å²) in [5, 5.41) is 12.3. The number of nitrogens with zero attached hydrogens (tertiary/aromatic N) is 2. The molecule has 3 aromatic rings. The number of fused-ring (bicyclic) bond motifs is 1. The van der Waals surface area contributed by atoms with Crippen LogP contribution in [-0.2, 0) is 0 Å². The molecule has 3 rings (SSSR count). The van der Waals surface area contributed by atoms with E-state index in [0.717, 1.165) is 26.4 Å². The molecule has 1 heterocycles. The molecule has 0 amide bonds. The number of thiazole rings is 1. The molecule has 0 spiro atoms. The highest BCUT2D eigenvalue weighted by molar-refractivity contribution is 7.19. The van der Waals surface area contributed by atoms with Crippen LogP contribution in [-0.4, -0.2) is 9.91 Å². The van der Waals surface area contributed by atoms with E-state index in [1.165, 1.54) is 11.6 Å². The predicted octanol–water partition coefficient (Wildman–Crippen LogP) is 6.80. The third kappa shape index (κ3) is 4.04. The zero-order valence-electron chi connectivity index (χ0n) is 15.5. The Morgan fingerprint density at radius 1 is 1.15 bits per heavy atom. The van der Waals surface area contributed by atoms with Crippen LogP contribution in [0.2, 0.25) is 0 Å². The minimum absolute atomic E-state index is 0.103. The zero-order chi connectivity index (χ0) is 19.4. The number of aromatic nitrogens is 1. The van der Waals surface area contributed by atoms with Gasteiger partial charge in [-0.2, -0.15) is 0 Å². The van der Waals surface area contributed by atoms with Gasteiger partial charge in [0.25, 0.3) is 5.69 Å². The van der Waals surface area contributed by atoms with E-state index in [0.29, 0.717) is 5.56 Å². The Hall–Kier alpha value is -3.05. The van der Waals surface area contributed by atoms with Crippen molar-refractivity contribution in [1.29, 1.82) is 0 Å². The van der Waals surface area contributed by atoms with Gasteiger partial charge in [-0.1, -0.05) is 48.1 Å². The Bertz CT molecular complexity index is 1090. The van der Waals surface area contributed by atoms with Crippen molar-refractivity contribution in [3.05, 3.63) is 87.5 Å². The normalized spacial score (nSPS) is 11.5. The molecule has 136 valence electrons. The number of nitro benzene ring substituents is 1. The van der Waals surface area contributed by atoms with Gasteiger partial charge in [0, 0.05) is 11.6 Å². The molecule has 0 aliphatic rings. The Kier molecular flexibility index (Phi) is 5.62. The Labute approximate surface area is 162 Å². The first-order valence-electron chi connectivity index (χ1n) is 8.63. The van der Waals surface area contributed by atoms with Crippen molar-refractivity contribution in [2.24, 2.45) is 0 Å². The first-order valence-corrected chi connectivity index (χ1v) is 9.44. The standard InChI is InChI=1S/C22H20N2O2S/c1-4-5-6-9-17(15(2)3)22-23-19-14-16(12-13-21(19)27-22)18-10-7-8-11-20(18)24(25)26/h4-14H,1-3H3/b5-4-,9-6-. The summed E-state index contributed by atoms with van der Waals surface area (Å²) in [6, 6.07) is 12.6. The van der Waals surface area contributed by atoms with Crippen LogP contribution in [0.5, 0.6) is 0 Å². The van der Waals surface area contributed by atoms with Crippen molar-refractivity contribution in [3.63, 3.8) is 0 Å². The minimum Gasteiger partial charge on any atom is -0.258 e. The fourth-order valence-electron chi connectivity index (χ4n) is 2.80. The first-order chi connectivity index (χ1) is 13.0. The SMILES string of the molecule is C/C=C\C=C/C(=C(C)C)c1nc2cc(-c3ccccc3[N+](=O)[O-])ccc2s1. The lowest BCUT2D eigenvalue weighted by atomic mass is 10.0. The molecule has 0 unspecified atom stereocenters. The van der Waals surface area contributed by atoms with E-state index in [1.807, 2.05) is 49.4 Å². The van der Waals surface area contributed by atoms with Crippen LogP contribution in [0.1, 0.15) is 25.8 Å². The van der Waals surface area contributed by atoms with Gasteiger partial charge in [0.2, 0.25) is 0 Å². The number of benzene rings is 2. The number of rotatable bonds is 5. The molecule has 0 radical (unpaired) electrons. The van der Waals surface area contributed by atoms with Crippen LogP contribution in [0.25, 0.3) is 26.9 Å². The van der Waals surface area contributed by atoms with Crippen LogP contribution in [0.4, 0.5) is 5.69 Å². The zero-order valence-corrected chi connectivity index (χ0v) is 16.3.